The van der Waals surface area contributed by atoms with Gasteiger partial charge in [-0.2, -0.15) is 0 Å². The van der Waals surface area contributed by atoms with Crippen molar-refractivity contribution in [2.24, 2.45) is 23.5 Å². The molecule has 4 heteroatoms. The number of carbonyl (C=O) groups excluding carboxylic acids is 1. The summed E-state index contributed by atoms with van der Waals surface area (Å²) in [6, 6.07) is 0.316. The van der Waals surface area contributed by atoms with Crippen LogP contribution in [0.1, 0.15) is 32.1 Å². The number of amides is 1. The Morgan fingerprint density at radius 2 is 1.89 bits per heavy atom. The standard InChI is InChI=1S/C14H24N2O2/c15-13-3-1-2-11-8-16(9-12(11)13)14(17)10-4-6-18-7-5-10/h10-13H,1-9,15H2. The summed E-state index contributed by atoms with van der Waals surface area (Å²) in [6.45, 7) is 3.35. The largest absolute Gasteiger partial charge is 0.381 e. The summed E-state index contributed by atoms with van der Waals surface area (Å²) >= 11 is 0. The van der Waals surface area contributed by atoms with Gasteiger partial charge in [-0.3, -0.25) is 4.79 Å². The summed E-state index contributed by atoms with van der Waals surface area (Å²) in [4.78, 5) is 14.6. The van der Waals surface area contributed by atoms with Crippen LogP contribution in [0.3, 0.4) is 0 Å². The number of hydrogen-bond acceptors (Lipinski definition) is 3. The number of likely N-dealkylation sites (tertiary alicyclic amines) is 1. The average molecular weight is 252 g/mol. The Balaban J connectivity index is 1.62. The molecule has 2 saturated heterocycles. The fraction of sp³-hybridized carbons (Fsp3) is 0.929. The molecule has 2 N–H and O–H groups in total. The Hall–Kier alpha value is -0.610. The van der Waals surface area contributed by atoms with Crippen LogP contribution in [0, 0.1) is 17.8 Å². The Morgan fingerprint density at radius 1 is 1.11 bits per heavy atom. The molecule has 0 aromatic heterocycles. The molecule has 1 saturated carbocycles. The maximum atomic E-state index is 12.5. The summed E-state index contributed by atoms with van der Waals surface area (Å²) < 4.78 is 5.33. The van der Waals surface area contributed by atoms with Crippen molar-refractivity contribution < 1.29 is 9.53 Å². The van der Waals surface area contributed by atoms with Gasteiger partial charge in [-0.25, -0.2) is 0 Å². The van der Waals surface area contributed by atoms with Crippen molar-refractivity contribution in [3.63, 3.8) is 0 Å². The molecule has 0 spiro atoms. The highest BCUT2D eigenvalue weighted by atomic mass is 16.5. The maximum absolute atomic E-state index is 12.5. The lowest BCUT2D eigenvalue weighted by Gasteiger charge is -2.29. The molecule has 4 nitrogen and oxygen atoms in total. The minimum atomic E-state index is 0.204. The molecule has 0 bridgehead atoms. The van der Waals surface area contributed by atoms with Gasteiger partial charge in [-0.15, -0.1) is 0 Å². The van der Waals surface area contributed by atoms with E-state index in [0.29, 0.717) is 23.8 Å². The number of nitrogens with two attached hydrogens (primary N) is 1. The van der Waals surface area contributed by atoms with Crippen LogP contribution in [0.25, 0.3) is 0 Å². The predicted octanol–water partition coefficient (Wildman–Crippen LogP) is 0.999. The van der Waals surface area contributed by atoms with Crippen LogP contribution in [0.15, 0.2) is 0 Å². The summed E-state index contributed by atoms with van der Waals surface area (Å²) in [5, 5.41) is 0. The van der Waals surface area contributed by atoms with Crippen molar-refractivity contribution >= 4 is 5.91 Å². The Bertz CT molecular complexity index is 315. The molecule has 1 aliphatic carbocycles. The monoisotopic (exact) mass is 252 g/mol. The number of rotatable bonds is 1. The van der Waals surface area contributed by atoms with Gasteiger partial charge in [0.05, 0.1) is 0 Å². The van der Waals surface area contributed by atoms with E-state index in [0.717, 1.165) is 45.6 Å². The van der Waals surface area contributed by atoms with Crippen molar-refractivity contribution in [2.45, 2.75) is 38.1 Å². The van der Waals surface area contributed by atoms with E-state index >= 15 is 0 Å². The maximum Gasteiger partial charge on any atom is 0.225 e. The fourth-order valence-electron chi connectivity index (χ4n) is 3.90. The van der Waals surface area contributed by atoms with Crippen LogP contribution in [0.4, 0.5) is 0 Å². The molecule has 3 fully saturated rings. The smallest absolute Gasteiger partial charge is 0.225 e. The molecule has 3 aliphatic rings. The third kappa shape index (κ3) is 2.28. The zero-order valence-corrected chi connectivity index (χ0v) is 11.0. The lowest BCUT2D eigenvalue weighted by atomic mass is 9.78. The fourth-order valence-corrected chi connectivity index (χ4v) is 3.90. The first kappa shape index (κ1) is 12.4. The highest BCUT2D eigenvalue weighted by molar-refractivity contribution is 5.79. The van der Waals surface area contributed by atoms with Gasteiger partial charge >= 0.3 is 0 Å². The average Bonchev–Trinajstić information content (AvgIpc) is 2.84. The third-order valence-electron chi connectivity index (χ3n) is 5.04. The van der Waals surface area contributed by atoms with Gasteiger partial charge < -0.3 is 15.4 Å². The normalized spacial score (nSPS) is 37.6. The first-order valence-corrected chi connectivity index (χ1v) is 7.38. The Kier molecular flexibility index (Phi) is 3.57. The molecule has 3 unspecified atom stereocenters. The van der Waals surface area contributed by atoms with Crippen molar-refractivity contribution in [1.82, 2.24) is 4.90 Å². The lowest BCUT2D eigenvalue weighted by Crippen LogP contribution is -2.40. The van der Waals surface area contributed by atoms with Gasteiger partial charge in [0.2, 0.25) is 5.91 Å². The van der Waals surface area contributed by atoms with Crippen LogP contribution in [-0.2, 0) is 9.53 Å². The number of ether oxygens (including phenoxy) is 1. The van der Waals surface area contributed by atoms with Crippen LogP contribution >= 0.6 is 0 Å². The lowest BCUT2D eigenvalue weighted by molar-refractivity contribution is -0.137. The van der Waals surface area contributed by atoms with E-state index in [1.165, 1.54) is 12.8 Å². The van der Waals surface area contributed by atoms with Crippen LogP contribution < -0.4 is 5.73 Å². The first-order chi connectivity index (χ1) is 8.75. The highest BCUT2D eigenvalue weighted by Crippen LogP contribution is 2.36. The molecule has 0 aromatic rings. The van der Waals surface area contributed by atoms with Crippen molar-refractivity contribution in [1.29, 1.82) is 0 Å². The third-order valence-corrected chi connectivity index (χ3v) is 5.04. The molecule has 18 heavy (non-hydrogen) atoms. The van der Waals surface area contributed by atoms with Crippen LogP contribution in [0.2, 0.25) is 0 Å². The van der Waals surface area contributed by atoms with Crippen LogP contribution in [0.5, 0.6) is 0 Å². The predicted molar refractivity (Wildman–Crippen MR) is 68.9 cm³/mol. The summed E-state index contributed by atoms with van der Waals surface area (Å²) in [7, 11) is 0. The van der Waals surface area contributed by atoms with Gasteiger partial charge in [0.1, 0.15) is 0 Å². The van der Waals surface area contributed by atoms with E-state index in [2.05, 4.69) is 4.90 Å². The second-order valence-corrected chi connectivity index (χ2v) is 6.15. The van der Waals surface area contributed by atoms with Crippen molar-refractivity contribution in [3.05, 3.63) is 0 Å². The molecule has 2 heterocycles. The summed E-state index contributed by atoms with van der Waals surface area (Å²) in [5.74, 6) is 1.79. The molecule has 102 valence electrons. The topological polar surface area (TPSA) is 55.6 Å². The van der Waals surface area contributed by atoms with Crippen LogP contribution in [-0.4, -0.2) is 43.2 Å². The van der Waals surface area contributed by atoms with E-state index in [9.17, 15) is 4.79 Å². The zero-order chi connectivity index (χ0) is 12.5. The quantitative estimate of drug-likeness (QED) is 0.757. The van der Waals surface area contributed by atoms with E-state index < -0.39 is 0 Å². The molecular formula is C14H24N2O2. The van der Waals surface area contributed by atoms with Gasteiger partial charge in [0, 0.05) is 38.3 Å². The summed E-state index contributed by atoms with van der Waals surface area (Å²) in [5.41, 5.74) is 6.20. The van der Waals surface area contributed by atoms with Crippen molar-refractivity contribution in [3.8, 4) is 0 Å². The van der Waals surface area contributed by atoms with E-state index in [-0.39, 0.29) is 5.92 Å². The van der Waals surface area contributed by atoms with E-state index in [1.807, 2.05) is 0 Å². The summed E-state index contributed by atoms with van der Waals surface area (Å²) in [6.07, 6.45) is 5.44. The SMILES string of the molecule is NC1CCCC2CN(C(=O)C3CCOCC3)CC12. The minimum Gasteiger partial charge on any atom is -0.381 e. The molecule has 0 aromatic carbocycles. The molecule has 3 rings (SSSR count). The second-order valence-electron chi connectivity index (χ2n) is 6.15. The molecule has 2 aliphatic heterocycles. The number of fused-ring (bicyclic) bond motifs is 1. The molecule has 3 atom stereocenters. The zero-order valence-electron chi connectivity index (χ0n) is 11.0. The molecule has 1 amide bonds. The number of hydrogen-bond donors (Lipinski definition) is 1. The van der Waals surface area contributed by atoms with Gasteiger partial charge in [-0.05, 0) is 37.5 Å². The second kappa shape index (κ2) is 5.17. The Morgan fingerprint density at radius 3 is 2.61 bits per heavy atom. The first-order valence-electron chi connectivity index (χ1n) is 7.38. The highest BCUT2D eigenvalue weighted by Gasteiger charge is 2.41. The van der Waals surface area contributed by atoms with Gasteiger partial charge in [0.25, 0.3) is 0 Å². The van der Waals surface area contributed by atoms with Gasteiger partial charge in [0.15, 0.2) is 0 Å². The molecular weight excluding hydrogens is 228 g/mol. The van der Waals surface area contributed by atoms with E-state index in [1.54, 1.807) is 0 Å². The minimum absolute atomic E-state index is 0.204. The number of carbonyl (C=O) groups is 1. The van der Waals surface area contributed by atoms with Gasteiger partial charge in [-0.1, -0.05) is 6.42 Å². The van der Waals surface area contributed by atoms with E-state index in [4.69, 9.17) is 10.5 Å². The number of nitrogens with zero attached hydrogens (tertiary/aromatic N) is 1. The Labute approximate surface area is 109 Å². The van der Waals surface area contributed by atoms with Crippen molar-refractivity contribution in [2.75, 3.05) is 26.3 Å². The molecule has 0 radical (unpaired) electrons.